The first-order valence-corrected chi connectivity index (χ1v) is 11.2. The zero-order chi connectivity index (χ0) is 22.4. The van der Waals surface area contributed by atoms with E-state index in [2.05, 4.69) is 14.9 Å². The van der Waals surface area contributed by atoms with Gasteiger partial charge in [0.25, 0.3) is 0 Å². The Hall–Kier alpha value is -3.11. The maximum Gasteiger partial charge on any atom is 0.246 e. The quantitative estimate of drug-likeness (QED) is 0.541. The van der Waals surface area contributed by atoms with E-state index in [0.717, 1.165) is 17.7 Å². The summed E-state index contributed by atoms with van der Waals surface area (Å²) in [6.45, 7) is 1.88. The van der Waals surface area contributed by atoms with Gasteiger partial charge in [-0.3, -0.25) is 4.79 Å². The molecule has 0 spiro atoms. The van der Waals surface area contributed by atoms with Gasteiger partial charge in [0, 0.05) is 13.5 Å². The summed E-state index contributed by atoms with van der Waals surface area (Å²) < 4.78 is 47.2. The normalized spacial score (nSPS) is 12.5. The zero-order valence-corrected chi connectivity index (χ0v) is 18.0. The van der Waals surface area contributed by atoms with Crippen molar-refractivity contribution < 1.29 is 22.1 Å². The molecule has 0 bridgehead atoms. The van der Waals surface area contributed by atoms with Gasteiger partial charge in [0.15, 0.2) is 5.82 Å². The molecule has 164 valence electrons. The van der Waals surface area contributed by atoms with Crippen LogP contribution in [0.5, 0.6) is 0 Å². The maximum atomic E-state index is 14.1. The number of aryl methyl sites for hydroxylation is 1. The van der Waals surface area contributed by atoms with E-state index in [1.807, 2.05) is 13.0 Å². The van der Waals surface area contributed by atoms with Gasteiger partial charge in [-0.2, -0.15) is 9.71 Å². The summed E-state index contributed by atoms with van der Waals surface area (Å²) >= 11 is 0. The Bertz CT molecular complexity index is 1140. The lowest BCUT2D eigenvalue weighted by Crippen LogP contribution is -2.48. The first-order valence-electron chi connectivity index (χ1n) is 9.67. The highest BCUT2D eigenvalue weighted by molar-refractivity contribution is 7.89. The number of aromatic nitrogens is 2. The predicted octanol–water partition coefficient (Wildman–Crippen LogP) is 2.32. The van der Waals surface area contributed by atoms with Crippen LogP contribution in [0.3, 0.4) is 0 Å². The molecule has 0 aliphatic carbocycles. The Balaban J connectivity index is 1.84. The number of likely N-dealkylation sites (N-methyl/N-ethyl adjacent to an activating group) is 1. The van der Waals surface area contributed by atoms with Gasteiger partial charge in [0.05, 0.1) is 6.54 Å². The van der Waals surface area contributed by atoms with Crippen molar-refractivity contribution in [2.24, 2.45) is 0 Å². The van der Waals surface area contributed by atoms with Gasteiger partial charge in [-0.15, -0.1) is 0 Å². The molecule has 10 heteroatoms. The molecule has 0 radical (unpaired) electrons. The molecule has 31 heavy (non-hydrogen) atoms. The highest BCUT2D eigenvalue weighted by Gasteiger charge is 2.30. The van der Waals surface area contributed by atoms with Crippen molar-refractivity contribution in [3.8, 4) is 0 Å². The van der Waals surface area contributed by atoms with E-state index < -0.39 is 32.7 Å². The third kappa shape index (κ3) is 5.74. The van der Waals surface area contributed by atoms with Crippen LogP contribution in [0, 0.1) is 5.82 Å². The third-order valence-corrected chi connectivity index (χ3v) is 6.08. The molecular formula is C21H23FN4O4S. The van der Waals surface area contributed by atoms with Crippen LogP contribution in [0.2, 0.25) is 0 Å². The van der Waals surface area contributed by atoms with E-state index in [-0.39, 0.29) is 18.9 Å². The number of hydrogen-bond donors (Lipinski definition) is 1. The first kappa shape index (κ1) is 22.6. The molecule has 3 aromatic rings. The van der Waals surface area contributed by atoms with Gasteiger partial charge in [-0.25, -0.2) is 12.8 Å². The second-order valence-electron chi connectivity index (χ2n) is 6.95. The number of sulfonamides is 1. The lowest BCUT2D eigenvalue weighted by atomic mass is 10.1. The molecule has 0 fully saturated rings. The minimum absolute atomic E-state index is 0.0124. The van der Waals surface area contributed by atoms with Crippen LogP contribution in [0.25, 0.3) is 0 Å². The minimum atomic E-state index is -4.29. The molecule has 3 rings (SSSR count). The first-order chi connectivity index (χ1) is 14.8. The van der Waals surface area contributed by atoms with Crippen LogP contribution in [0.4, 0.5) is 4.39 Å². The van der Waals surface area contributed by atoms with E-state index in [9.17, 15) is 17.6 Å². The summed E-state index contributed by atoms with van der Waals surface area (Å²) in [4.78, 5) is 18.1. The molecule has 1 atom stereocenters. The van der Waals surface area contributed by atoms with Crippen LogP contribution < -0.4 is 4.72 Å². The van der Waals surface area contributed by atoms with Crippen molar-refractivity contribution >= 4 is 15.9 Å². The van der Waals surface area contributed by atoms with E-state index in [4.69, 9.17) is 4.52 Å². The fourth-order valence-electron chi connectivity index (χ4n) is 2.99. The van der Waals surface area contributed by atoms with E-state index in [0.29, 0.717) is 12.2 Å². The number of carbonyl (C=O) groups excluding carboxylic acids is 1. The van der Waals surface area contributed by atoms with Gasteiger partial charge >= 0.3 is 0 Å². The van der Waals surface area contributed by atoms with Crippen LogP contribution in [0.15, 0.2) is 64.0 Å². The van der Waals surface area contributed by atoms with Gasteiger partial charge in [-0.05, 0) is 24.1 Å². The van der Waals surface area contributed by atoms with Crippen LogP contribution in [0.1, 0.15) is 24.2 Å². The Morgan fingerprint density at radius 2 is 1.84 bits per heavy atom. The Morgan fingerprint density at radius 3 is 2.48 bits per heavy atom. The Labute approximate surface area is 180 Å². The van der Waals surface area contributed by atoms with E-state index in [1.165, 1.54) is 24.1 Å². The molecule has 2 aromatic carbocycles. The molecule has 1 aromatic heterocycles. The molecule has 8 nitrogen and oxygen atoms in total. The topological polar surface area (TPSA) is 105 Å². The van der Waals surface area contributed by atoms with E-state index >= 15 is 0 Å². The van der Waals surface area contributed by atoms with Crippen molar-refractivity contribution in [3.05, 3.63) is 77.7 Å². The standard InChI is InChI=1S/C21H23FN4O4S/c1-3-19-23-20(30-24-19)14-26(2)21(27)17(13-15-9-5-4-6-10-15)25-31(28,29)18-12-8-7-11-16(18)22/h4-12,17,25H,3,13-14H2,1-2H3. The highest BCUT2D eigenvalue weighted by Crippen LogP contribution is 2.16. The summed E-state index contributed by atoms with van der Waals surface area (Å²) in [5.74, 6) is -0.660. The number of rotatable bonds is 9. The number of nitrogens with zero attached hydrogens (tertiary/aromatic N) is 3. The number of benzene rings is 2. The summed E-state index contributed by atoms with van der Waals surface area (Å²) in [5.41, 5.74) is 0.747. The number of nitrogens with one attached hydrogen (secondary N) is 1. The molecule has 1 heterocycles. The lowest BCUT2D eigenvalue weighted by molar-refractivity contribution is -0.132. The Morgan fingerprint density at radius 1 is 1.16 bits per heavy atom. The maximum absolute atomic E-state index is 14.1. The number of carbonyl (C=O) groups is 1. The molecular weight excluding hydrogens is 423 g/mol. The van der Waals surface area contributed by atoms with Gasteiger partial charge in [0.1, 0.15) is 16.8 Å². The highest BCUT2D eigenvalue weighted by atomic mass is 32.2. The van der Waals surface area contributed by atoms with Gasteiger partial charge in [-0.1, -0.05) is 54.5 Å². The van der Waals surface area contributed by atoms with Gasteiger partial charge in [0.2, 0.25) is 21.8 Å². The molecule has 1 amide bonds. The predicted molar refractivity (Wildman–Crippen MR) is 111 cm³/mol. The van der Waals surface area contributed by atoms with Crippen molar-refractivity contribution in [2.45, 2.75) is 37.2 Å². The fraction of sp³-hybridized carbons (Fsp3) is 0.286. The minimum Gasteiger partial charge on any atom is -0.337 e. The molecule has 0 aliphatic rings. The smallest absolute Gasteiger partial charge is 0.246 e. The number of hydrogen-bond acceptors (Lipinski definition) is 6. The van der Waals surface area contributed by atoms with Crippen molar-refractivity contribution in [2.75, 3.05) is 7.05 Å². The summed E-state index contributed by atoms with van der Waals surface area (Å²) in [7, 11) is -2.78. The largest absolute Gasteiger partial charge is 0.337 e. The average Bonchev–Trinajstić information content (AvgIpc) is 3.21. The number of halogens is 1. The zero-order valence-electron chi connectivity index (χ0n) is 17.2. The summed E-state index contributed by atoms with van der Waals surface area (Å²) in [5, 5.41) is 3.79. The molecule has 1 N–H and O–H groups in total. The average molecular weight is 447 g/mol. The van der Waals surface area contributed by atoms with Crippen molar-refractivity contribution in [1.82, 2.24) is 19.8 Å². The lowest BCUT2D eigenvalue weighted by Gasteiger charge is -2.24. The third-order valence-electron chi connectivity index (χ3n) is 4.58. The Kier molecular flexibility index (Phi) is 7.13. The van der Waals surface area contributed by atoms with Crippen molar-refractivity contribution in [3.63, 3.8) is 0 Å². The second-order valence-corrected chi connectivity index (χ2v) is 8.63. The molecule has 0 aliphatic heterocycles. The van der Waals surface area contributed by atoms with Crippen LogP contribution >= 0.6 is 0 Å². The monoisotopic (exact) mass is 446 g/mol. The molecule has 1 unspecified atom stereocenters. The fourth-order valence-corrected chi connectivity index (χ4v) is 4.26. The summed E-state index contributed by atoms with van der Waals surface area (Å²) in [6, 6.07) is 12.8. The van der Waals surface area contributed by atoms with E-state index in [1.54, 1.807) is 24.3 Å². The van der Waals surface area contributed by atoms with Crippen LogP contribution in [-0.2, 0) is 34.2 Å². The second kappa shape index (κ2) is 9.80. The number of amides is 1. The van der Waals surface area contributed by atoms with Gasteiger partial charge < -0.3 is 9.42 Å². The summed E-state index contributed by atoms with van der Waals surface area (Å²) in [6.07, 6.45) is 0.669. The molecule has 0 saturated heterocycles. The SMILES string of the molecule is CCc1noc(CN(C)C(=O)C(Cc2ccccc2)NS(=O)(=O)c2ccccc2F)n1. The van der Waals surface area contributed by atoms with Crippen molar-refractivity contribution in [1.29, 1.82) is 0 Å². The van der Waals surface area contributed by atoms with Crippen LogP contribution in [-0.4, -0.2) is 42.5 Å². The molecule has 0 saturated carbocycles.